The van der Waals surface area contributed by atoms with E-state index in [0.717, 1.165) is 56.5 Å². The molecule has 0 aromatic carbocycles. The monoisotopic (exact) mass is 313 g/mol. The van der Waals surface area contributed by atoms with Crippen LogP contribution in [0.5, 0.6) is 0 Å². The van der Waals surface area contributed by atoms with Gasteiger partial charge < -0.3 is 14.8 Å². The summed E-state index contributed by atoms with van der Waals surface area (Å²) in [5.41, 5.74) is 1.31. The molecule has 0 unspecified atom stereocenters. The van der Waals surface area contributed by atoms with Gasteiger partial charge >= 0.3 is 5.97 Å². The lowest BCUT2D eigenvalue weighted by atomic mass is 10.2. The lowest BCUT2D eigenvalue weighted by Crippen LogP contribution is -2.37. The largest absolute Gasteiger partial charge is 0.462 e. The number of ether oxygens (including phenoxy) is 2. The van der Waals surface area contributed by atoms with Crippen LogP contribution in [0.2, 0.25) is 0 Å². The van der Waals surface area contributed by atoms with Crippen molar-refractivity contribution in [2.24, 2.45) is 0 Å². The van der Waals surface area contributed by atoms with Gasteiger partial charge in [0.2, 0.25) is 0 Å². The maximum Gasteiger partial charge on any atom is 0.343 e. The van der Waals surface area contributed by atoms with Gasteiger partial charge in [-0.25, -0.2) is 4.79 Å². The standard InChI is InChI=1S/C14H23N3O3S/c1-3-20-14(18)12-11(2)16-21-13(12)15-5-4-6-17-7-9-19-10-8-17/h15H,3-10H2,1-2H3. The topological polar surface area (TPSA) is 63.7 Å². The minimum absolute atomic E-state index is 0.292. The third-order valence-corrected chi connectivity index (χ3v) is 4.28. The van der Waals surface area contributed by atoms with Crippen molar-refractivity contribution in [1.29, 1.82) is 0 Å². The van der Waals surface area contributed by atoms with Crippen molar-refractivity contribution in [1.82, 2.24) is 9.27 Å². The number of nitrogens with zero attached hydrogens (tertiary/aromatic N) is 2. The first-order valence-corrected chi connectivity index (χ1v) is 8.17. The zero-order chi connectivity index (χ0) is 15.1. The van der Waals surface area contributed by atoms with Gasteiger partial charge in [-0.3, -0.25) is 4.90 Å². The molecule has 2 rings (SSSR count). The van der Waals surface area contributed by atoms with Gasteiger partial charge in [0, 0.05) is 19.6 Å². The van der Waals surface area contributed by atoms with Gasteiger partial charge in [-0.2, -0.15) is 4.37 Å². The molecule has 21 heavy (non-hydrogen) atoms. The third kappa shape index (κ3) is 4.66. The van der Waals surface area contributed by atoms with Crippen LogP contribution in [0.3, 0.4) is 0 Å². The summed E-state index contributed by atoms with van der Waals surface area (Å²) in [6.45, 7) is 9.56. The fourth-order valence-corrected chi connectivity index (χ4v) is 3.07. The van der Waals surface area contributed by atoms with Gasteiger partial charge in [-0.15, -0.1) is 0 Å². The molecule has 118 valence electrons. The first-order valence-electron chi connectivity index (χ1n) is 7.39. The summed E-state index contributed by atoms with van der Waals surface area (Å²) >= 11 is 1.32. The average Bonchev–Trinajstić information content (AvgIpc) is 2.86. The zero-order valence-corrected chi connectivity index (χ0v) is 13.5. The molecule has 1 fully saturated rings. The van der Waals surface area contributed by atoms with E-state index in [1.54, 1.807) is 0 Å². The fourth-order valence-electron chi connectivity index (χ4n) is 2.26. The summed E-state index contributed by atoms with van der Waals surface area (Å²) < 4.78 is 14.6. The molecule has 0 aliphatic carbocycles. The van der Waals surface area contributed by atoms with Crippen LogP contribution < -0.4 is 5.32 Å². The number of carbonyl (C=O) groups is 1. The first kappa shape index (κ1) is 16.2. The summed E-state index contributed by atoms with van der Waals surface area (Å²) in [5, 5.41) is 4.12. The highest BCUT2D eigenvalue weighted by molar-refractivity contribution is 7.10. The van der Waals surface area contributed by atoms with E-state index in [9.17, 15) is 4.79 Å². The number of rotatable bonds is 7. The van der Waals surface area contributed by atoms with Gasteiger partial charge in [-0.1, -0.05) is 0 Å². The van der Waals surface area contributed by atoms with Crippen LogP contribution in [-0.4, -0.2) is 61.2 Å². The van der Waals surface area contributed by atoms with E-state index in [1.165, 1.54) is 11.5 Å². The second kappa shape index (κ2) is 8.31. The lowest BCUT2D eigenvalue weighted by molar-refractivity contribution is 0.0378. The van der Waals surface area contributed by atoms with E-state index >= 15 is 0 Å². The molecule has 1 saturated heterocycles. The first-order chi connectivity index (χ1) is 10.2. The number of aromatic nitrogens is 1. The number of morpholine rings is 1. The van der Waals surface area contributed by atoms with Gasteiger partial charge in [0.25, 0.3) is 0 Å². The number of hydrogen-bond donors (Lipinski definition) is 1. The van der Waals surface area contributed by atoms with Crippen molar-refractivity contribution in [2.75, 3.05) is 51.3 Å². The molecule has 1 aliphatic rings. The Hall–Kier alpha value is -1.18. The number of aryl methyl sites for hydroxylation is 1. The molecule has 0 bridgehead atoms. The molecule has 1 aromatic rings. The molecule has 0 saturated carbocycles. The maximum absolute atomic E-state index is 11.9. The second-order valence-electron chi connectivity index (χ2n) is 4.93. The molecular formula is C14H23N3O3S. The van der Waals surface area contributed by atoms with Crippen molar-refractivity contribution in [3.8, 4) is 0 Å². The highest BCUT2D eigenvalue weighted by Gasteiger charge is 2.19. The number of anilines is 1. The predicted octanol–water partition coefficient (Wildman–Crippen LogP) is 1.76. The van der Waals surface area contributed by atoms with Crippen molar-refractivity contribution < 1.29 is 14.3 Å². The van der Waals surface area contributed by atoms with E-state index in [0.29, 0.717) is 12.2 Å². The average molecular weight is 313 g/mol. The van der Waals surface area contributed by atoms with Gasteiger partial charge in [0.1, 0.15) is 10.6 Å². The van der Waals surface area contributed by atoms with Crippen molar-refractivity contribution >= 4 is 22.5 Å². The minimum Gasteiger partial charge on any atom is -0.462 e. The van der Waals surface area contributed by atoms with Crippen LogP contribution in [0, 0.1) is 6.92 Å². The van der Waals surface area contributed by atoms with Crippen LogP contribution >= 0.6 is 11.5 Å². The molecule has 2 heterocycles. The second-order valence-corrected chi connectivity index (χ2v) is 5.70. The summed E-state index contributed by atoms with van der Waals surface area (Å²) in [5.74, 6) is -0.292. The van der Waals surface area contributed by atoms with E-state index in [-0.39, 0.29) is 5.97 Å². The van der Waals surface area contributed by atoms with Crippen LogP contribution in [0.1, 0.15) is 29.4 Å². The smallest absolute Gasteiger partial charge is 0.343 e. The van der Waals surface area contributed by atoms with Gasteiger partial charge in [-0.05, 0) is 38.3 Å². The van der Waals surface area contributed by atoms with Crippen molar-refractivity contribution in [2.45, 2.75) is 20.3 Å². The van der Waals surface area contributed by atoms with Crippen molar-refractivity contribution in [3.63, 3.8) is 0 Å². The molecule has 0 radical (unpaired) electrons. The normalized spacial score (nSPS) is 15.9. The van der Waals surface area contributed by atoms with Crippen LogP contribution in [0.4, 0.5) is 5.00 Å². The molecule has 6 nitrogen and oxygen atoms in total. The van der Waals surface area contributed by atoms with Crippen LogP contribution in [0.15, 0.2) is 0 Å². The quantitative estimate of drug-likeness (QED) is 0.611. The molecule has 1 aromatic heterocycles. The molecule has 0 atom stereocenters. The molecule has 7 heteroatoms. The predicted molar refractivity (Wildman–Crippen MR) is 83.2 cm³/mol. The summed E-state index contributed by atoms with van der Waals surface area (Å²) in [6, 6.07) is 0. The lowest BCUT2D eigenvalue weighted by Gasteiger charge is -2.26. The number of nitrogens with one attached hydrogen (secondary N) is 1. The summed E-state index contributed by atoms with van der Waals surface area (Å²) in [6.07, 6.45) is 1.03. The Morgan fingerprint density at radius 3 is 2.95 bits per heavy atom. The molecule has 1 aliphatic heterocycles. The molecule has 0 amide bonds. The van der Waals surface area contributed by atoms with E-state index in [1.807, 2.05) is 13.8 Å². The number of carbonyl (C=O) groups excluding carboxylic acids is 1. The number of esters is 1. The van der Waals surface area contributed by atoms with Gasteiger partial charge in [0.05, 0.1) is 25.5 Å². The Morgan fingerprint density at radius 1 is 1.48 bits per heavy atom. The van der Waals surface area contributed by atoms with Crippen molar-refractivity contribution in [3.05, 3.63) is 11.3 Å². The highest BCUT2D eigenvalue weighted by atomic mass is 32.1. The van der Waals surface area contributed by atoms with Gasteiger partial charge in [0.15, 0.2) is 0 Å². The third-order valence-electron chi connectivity index (χ3n) is 3.38. The fraction of sp³-hybridized carbons (Fsp3) is 0.714. The summed E-state index contributed by atoms with van der Waals surface area (Å²) in [4.78, 5) is 14.3. The van der Waals surface area contributed by atoms with Crippen LogP contribution in [-0.2, 0) is 9.47 Å². The Labute approximate surface area is 129 Å². The Balaban J connectivity index is 1.78. The molecular weight excluding hydrogens is 290 g/mol. The SMILES string of the molecule is CCOC(=O)c1c(C)nsc1NCCCN1CCOCC1. The maximum atomic E-state index is 11.9. The number of hydrogen-bond acceptors (Lipinski definition) is 7. The minimum atomic E-state index is -0.292. The van der Waals surface area contributed by atoms with E-state index in [2.05, 4.69) is 14.6 Å². The molecule has 1 N–H and O–H groups in total. The Morgan fingerprint density at radius 2 is 2.24 bits per heavy atom. The zero-order valence-electron chi connectivity index (χ0n) is 12.7. The summed E-state index contributed by atoms with van der Waals surface area (Å²) in [7, 11) is 0. The highest BCUT2D eigenvalue weighted by Crippen LogP contribution is 2.25. The van der Waals surface area contributed by atoms with Crippen LogP contribution in [0.25, 0.3) is 0 Å². The Bertz CT molecular complexity index is 458. The Kier molecular flexibility index (Phi) is 6.41. The van der Waals surface area contributed by atoms with E-state index in [4.69, 9.17) is 9.47 Å². The van der Waals surface area contributed by atoms with E-state index < -0.39 is 0 Å². The molecule has 0 spiro atoms.